The molecule has 1 aliphatic rings. The lowest BCUT2D eigenvalue weighted by Gasteiger charge is -2.27. The van der Waals surface area contributed by atoms with Crippen LogP contribution in [-0.4, -0.2) is 27.6 Å². The van der Waals surface area contributed by atoms with Crippen LogP contribution in [-0.2, 0) is 7.05 Å². The summed E-state index contributed by atoms with van der Waals surface area (Å²) in [5.74, 6) is 0.170. The highest BCUT2D eigenvalue weighted by Crippen LogP contribution is 2.31. The molecule has 0 bridgehead atoms. The fraction of sp³-hybridized carbons (Fsp3) is 0.667. The molecule has 2 heterocycles. The van der Waals surface area contributed by atoms with Gasteiger partial charge in [-0.3, -0.25) is 9.48 Å². The van der Waals surface area contributed by atoms with Gasteiger partial charge in [-0.05, 0) is 41.7 Å². The van der Waals surface area contributed by atoms with Crippen molar-refractivity contribution in [3.05, 3.63) is 16.4 Å². The minimum Gasteiger partial charge on any atom is -0.305 e. The minimum absolute atomic E-state index is 0.170. The summed E-state index contributed by atoms with van der Waals surface area (Å²) in [7, 11) is 1.81. The topological polar surface area (TPSA) is 46.9 Å². The van der Waals surface area contributed by atoms with Crippen molar-refractivity contribution in [3.63, 3.8) is 0 Å². The second-order valence-corrected chi connectivity index (χ2v) is 5.51. The summed E-state index contributed by atoms with van der Waals surface area (Å²) < 4.78 is 2.44. The Labute approximate surface area is 110 Å². The van der Waals surface area contributed by atoms with Crippen LogP contribution in [0.4, 0.5) is 0 Å². The van der Waals surface area contributed by atoms with Gasteiger partial charge in [0.1, 0.15) is 5.69 Å². The third-order valence-corrected chi connectivity index (χ3v) is 4.04. The molecular formula is C12H18BrN3O. The van der Waals surface area contributed by atoms with E-state index in [1.807, 2.05) is 7.05 Å². The summed E-state index contributed by atoms with van der Waals surface area (Å²) in [4.78, 5) is 12.7. The lowest BCUT2D eigenvalue weighted by atomic mass is 9.86. The van der Waals surface area contributed by atoms with Crippen LogP contribution in [0.15, 0.2) is 10.7 Å². The minimum atomic E-state index is -0.370. The first-order valence-corrected chi connectivity index (χ1v) is 6.87. The molecule has 2 rings (SSSR count). The van der Waals surface area contributed by atoms with E-state index in [0.717, 1.165) is 36.7 Å². The van der Waals surface area contributed by atoms with Crippen molar-refractivity contribution < 1.29 is 4.79 Å². The van der Waals surface area contributed by atoms with Gasteiger partial charge in [0, 0.05) is 7.05 Å². The van der Waals surface area contributed by atoms with E-state index in [1.165, 1.54) is 0 Å². The van der Waals surface area contributed by atoms with E-state index >= 15 is 0 Å². The molecule has 0 spiro atoms. The molecule has 1 unspecified atom stereocenters. The number of ketones is 1. The number of rotatable bonds is 4. The van der Waals surface area contributed by atoms with Gasteiger partial charge in [-0.25, -0.2) is 0 Å². The van der Waals surface area contributed by atoms with E-state index in [1.54, 1.807) is 10.9 Å². The van der Waals surface area contributed by atoms with Gasteiger partial charge in [-0.15, -0.1) is 0 Å². The number of Topliss-reactive ketones (excluding diaryl/α,β-unsaturated/α-hetero) is 1. The maximum Gasteiger partial charge on any atom is 0.201 e. The maximum atomic E-state index is 12.7. The molecule has 94 valence electrons. The molecular weight excluding hydrogens is 282 g/mol. The van der Waals surface area contributed by atoms with Crippen molar-refractivity contribution in [1.82, 2.24) is 15.1 Å². The fourth-order valence-corrected chi connectivity index (χ4v) is 3.17. The van der Waals surface area contributed by atoms with Gasteiger partial charge in [0.15, 0.2) is 0 Å². The molecule has 1 aliphatic heterocycles. The molecule has 4 nitrogen and oxygen atoms in total. The molecule has 1 aromatic rings. The Morgan fingerprint density at radius 2 is 2.47 bits per heavy atom. The molecule has 0 radical (unpaired) electrons. The molecule has 17 heavy (non-hydrogen) atoms. The molecule has 1 N–H and O–H groups in total. The average molecular weight is 300 g/mol. The monoisotopic (exact) mass is 299 g/mol. The number of nitrogens with one attached hydrogen (secondary N) is 1. The Morgan fingerprint density at radius 1 is 1.71 bits per heavy atom. The van der Waals surface area contributed by atoms with E-state index in [0.29, 0.717) is 5.69 Å². The Kier molecular flexibility index (Phi) is 3.68. The predicted molar refractivity (Wildman–Crippen MR) is 70.1 cm³/mol. The largest absolute Gasteiger partial charge is 0.305 e. The van der Waals surface area contributed by atoms with Crippen LogP contribution < -0.4 is 5.32 Å². The van der Waals surface area contributed by atoms with E-state index in [4.69, 9.17) is 0 Å². The van der Waals surface area contributed by atoms with Crippen molar-refractivity contribution in [2.24, 2.45) is 7.05 Å². The second-order valence-electron chi connectivity index (χ2n) is 4.66. The average Bonchev–Trinajstić information content (AvgIpc) is 2.88. The van der Waals surface area contributed by atoms with Gasteiger partial charge in [0.2, 0.25) is 5.78 Å². The van der Waals surface area contributed by atoms with Crippen molar-refractivity contribution in [1.29, 1.82) is 0 Å². The second kappa shape index (κ2) is 4.90. The van der Waals surface area contributed by atoms with Crippen LogP contribution in [0.25, 0.3) is 0 Å². The molecule has 1 aromatic heterocycles. The summed E-state index contributed by atoms with van der Waals surface area (Å²) >= 11 is 3.41. The van der Waals surface area contributed by atoms with Crippen LogP contribution in [0.3, 0.4) is 0 Å². The predicted octanol–water partition coefficient (Wildman–Crippen LogP) is 2.29. The highest BCUT2D eigenvalue weighted by atomic mass is 79.9. The summed E-state index contributed by atoms with van der Waals surface area (Å²) in [5, 5.41) is 7.52. The van der Waals surface area contributed by atoms with Gasteiger partial charge in [-0.2, -0.15) is 5.10 Å². The number of halogens is 1. The summed E-state index contributed by atoms with van der Waals surface area (Å²) in [6, 6.07) is 0. The lowest BCUT2D eigenvalue weighted by molar-refractivity contribution is 0.0846. The van der Waals surface area contributed by atoms with Crippen LogP contribution in [0, 0.1) is 0 Å². The van der Waals surface area contributed by atoms with Gasteiger partial charge in [0.05, 0.1) is 16.2 Å². The van der Waals surface area contributed by atoms with Crippen LogP contribution in [0.5, 0.6) is 0 Å². The van der Waals surface area contributed by atoms with Gasteiger partial charge in [-0.1, -0.05) is 13.3 Å². The van der Waals surface area contributed by atoms with E-state index in [-0.39, 0.29) is 11.3 Å². The van der Waals surface area contributed by atoms with Crippen molar-refractivity contribution in [2.75, 3.05) is 6.54 Å². The first kappa shape index (κ1) is 12.8. The molecule has 0 aliphatic carbocycles. The fourth-order valence-electron chi connectivity index (χ4n) is 2.65. The normalized spacial score (nSPS) is 24.2. The van der Waals surface area contributed by atoms with E-state index < -0.39 is 0 Å². The third kappa shape index (κ3) is 2.18. The number of carbonyl (C=O) groups excluding carboxylic acids is 1. The van der Waals surface area contributed by atoms with Crippen LogP contribution in [0.1, 0.15) is 43.1 Å². The SMILES string of the molecule is CCCC1(C(=O)c2c(Br)cnn2C)CCCN1. The first-order chi connectivity index (χ1) is 8.10. The third-order valence-electron chi connectivity index (χ3n) is 3.46. The van der Waals surface area contributed by atoms with Gasteiger partial charge >= 0.3 is 0 Å². The Hall–Kier alpha value is -0.680. The number of aryl methyl sites for hydroxylation is 1. The quantitative estimate of drug-likeness (QED) is 0.868. The van der Waals surface area contributed by atoms with Gasteiger partial charge < -0.3 is 5.32 Å². The Bertz CT molecular complexity index is 402. The number of carbonyl (C=O) groups is 1. The van der Waals surface area contributed by atoms with E-state index in [2.05, 4.69) is 33.3 Å². The highest BCUT2D eigenvalue weighted by Gasteiger charge is 2.42. The molecule has 0 aromatic carbocycles. The van der Waals surface area contributed by atoms with Gasteiger partial charge in [0.25, 0.3) is 0 Å². The zero-order chi connectivity index (χ0) is 12.5. The lowest BCUT2D eigenvalue weighted by Crippen LogP contribution is -2.48. The number of aromatic nitrogens is 2. The number of hydrogen-bond donors (Lipinski definition) is 1. The zero-order valence-corrected chi connectivity index (χ0v) is 11.9. The highest BCUT2D eigenvalue weighted by molar-refractivity contribution is 9.10. The Balaban J connectivity index is 2.35. The molecule has 1 atom stereocenters. The first-order valence-electron chi connectivity index (χ1n) is 6.08. The molecule has 1 fully saturated rings. The smallest absolute Gasteiger partial charge is 0.201 e. The Morgan fingerprint density at radius 3 is 2.94 bits per heavy atom. The van der Waals surface area contributed by atoms with Crippen LogP contribution in [0.2, 0.25) is 0 Å². The summed E-state index contributed by atoms with van der Waals surface area (Å²) in [6.45, 7) is 3.05. The van der Waals surface area contributed by atoms with Crippen molar-refractivity contribution >= 4 is 21.7 Å². The summed E-state index contributed by atoms with van der Waals surface area (Å²) in [5.41, 5.74) is 0.304. The standard InChI is InChI=1S/C12H18BrN3O/c1-3-5-12(6-4-7-14-12)11(17)10-9(13)8-15-16(10)2/h8,14H,3-7H2,1-2H3. The van der Waals surface area contributed by atoms with Crippen molar-refractivity contribution in [3.8, 4) is 0 Å². The molecule has 1 saturated heterocycles. The number of nitrogens with zero attached hydrogens (tertiary/aromatic N) is 2. The van der Waals surface area contributed by atoms with E-state index in [9.17, 15) is 4.79 Å². The molecule has 0 saturated carbocycles. The zero-order valence-electron chi connectivity index (χ0n) is 10.3. The summed E-state index contributed by atoms with van der Waals surface area (Å²) in [6.07, 6.45) is 5.58. The molecule has 0 amide bonds. The van der Waals surface area contributed by atoms with Crippen molar-refractivity contribution in [2.45, 2.75) is 38.1 Å². The van der Waals surface area contributed by atoms with Crippen LogP contribution >= 0.6 is 15.9 Å². The molecule has 5 heteroatoms. The number of hydrogen-bond acceptors (Lipinski definition) is 3. The maximum absolute atomic E-state index is 12.7.